The summed E-state index contributed by atoms with van der Waals surface area (Å²) in [5.41, 5.74) is 0. The third-order valence-corrected chi connectivity index (χ3v) is 2.88. The molecule has 1 atom stereocenters. The van der Waals surface area contributed by atoms with Gasteiger partial charge in [-0.3, -0.25) is 4.79 Å². The predicted octanol–water partition coefficient (Wildman–Crippen LogP) is 3.76. The van der Waals surface area contributed by atoms with Crippen LogP contribution in [0.1, 0.15) is 52.9 Å². The summed E-state index contributed by atoms with van der Waals surface area (Å²) in [6.45, 7) is 6.92. The van der Waals surface area contributed by atoms with E-state index in [1.807, 2.05) is 18.2 Å². The van der Waals surface area contributed by atoms with Crippen LogP contribution in [0.5, 0.6) is 0 Å². The number of hydrogen-bond acceptors (Lipinski definition) is 2. The zero-order valence-electron chi connectivity index (χ0n) is 13.7. The van der Waals surface area contributed by atoms with E-state index in [1.165, 1.54) is 0 Å². The van der Waals surface area contributed by atoms with E-state index in [2.05, 4.69) is 32.2 Å². The van der Waals surface area contributed by atoms with Crippen molar-refractivity contribution in [2.45, 2.75) is 59.0 Å². The Morgan fingerprint density at radius 1 is 1.14 bits per heavy atom. The summed E-state index contributed by atoms with van der Waals surface area (Å²) < 4.78 is 0. The van der Waals surface area contributed by atoms with E-state index in [1.54, 1.807) is 12.2 Å². The third-order valence-electron chi connectivity index (χ3n) is 2.88. The fraction of sp³-hybridized carbons (Fsp3) is 0.611. The number of allylic oxidation sites excluding steroid dienone is 4. The maximum atomic E-state index is 11.4. The Kier molecular flexibility index (Phi) is 12.7. The van der Waals surface area contributed by atoms with Crippen LogP contribution in [0.15, 0.2) is 36.5 Å². The Labute approximate surface area is 129 Å². The molecule has 0 saturated heterocycles. The molecule has 0 aromatic rings. The van der Waals surface area contributed by atoms with Crippen LogP contribution >= 0.6 is 0 Å². The van der Waals surface area contributed by atoms with Gasteiger partial charge >= 0.3 is 0 Å². The third kappa shape index (κ3) is 14.9. The SMILES string of the molecule is CCCC(O)C/C=C\CC/C=C/C=C/C(=O)NCC(C)C. The van der Waals surface area contributed by atoms with Gasteiger partial charge in [-0.2, -0.15) is 0 Å². The van der Waals surface area contributed by atoms with Gasteiger partial charge in [0.15, 0.2) is 0 Å². The quantitative estimate of drug-likeness (QED) is 0.264. The summed E-state index contributed by atoms with van der Waals surface area (Å²) in [5.74, 6) is 0.429. The molecule has 0 aliphatic rings. The monoisotopic (exact) mass is 293 g/mol. The fourth-order valence-electron chi connectivity index (χ4n) is 1.70. The first-order valence-electron chi connectivity index (χ1n) is 8.00. The van der Waals surface area contributed by atoms with Gasteiger partial charge in [0.05, 0.1) is 6.10 Å². The van der Waals surface area contributed by atoms with Crippen molar-refractivity contribution in [3.8, 4) is 0 Å². The number of carbonyl (C=O) groups is 1. The van der Waals surface area contributed by atoms with Gasteiger partial charge in [-0.05, 0) is 31.6 Å². The molecule has 0 heterocycles. The molecule has 2 N–H and O–H groups in total. The average molecular weight is 293 g/mol. The molecule has 0 rings (SSSR count). The zero-order chi connectivity index (χ0) is 15.9. The number of aliphatic hydroxyl groups excluding tert-OH is 1. The van der Waals surface area contributed by atoms with Crippen LogP contribution in [0.3, 0.4) is 0 Å². The molecule has 0 fully saturated rings. The second-order valence-electron chi connectivity index (χ2n) is 5.65. The molecule has 3 heteroatoms. The summed E-state index contributed by atoms with van der Waals surface area (Å²) in [4.78, 5) is 11.4. The molecule has 0 aromatic carbocycles. The van der Waals surface area contributed by atoms with E-state index in [0.29, 0.717) is 12.5 Å². The highest BCUT2D eigenvalue weighted by molar-refractivity contribution is 5.87. The van der Waals surface area contributed by atoms with Crippen LogP contribution in [0.25, 0.3) is 0 Å². The topological polar surface area (TPSA) is 49.3 Å². The minimum Gasteiger partial charge on any atom is -0.393 e. The van der Waals surface area contributed by atoms with Crippen molar-refractivity contribution in [3.63, 3.8) is 0 Å². The van der Waals surface area contributed by atoms with Gasteiger partial charge < -0.3 is 10.4 Å². The van der Waals surface area contributed by atoms with Gasteiger partial charge in [-0.15, -0.1) is 0 Å². The molecule has 0 bridgehead atoms. The highest BCUT2D eigenvalue weighted by atomic mass is 16.3. The summed E-state index contributed by atoms with van der Waals surface area (Å²) in [6, 6.07) is 0. The van der Waals surface area contributed by atoms with E-state index < -0.39 is 0 Å². The Morgan fingerprint density at radius 2 is 1.86 bits per heavy atom. The van der Waals surface area contributed by atoms with Crippen molar-refractivity contribution in [1.82, 2.24) is 5.32 Å². The lowest BCUT2D eigenvalue weighted by Crippen LogP contribution is -2.25. The molecule has 0 spiro atoms. The molecule has 120 valence electrons. The molecule has 0 aliphatic heterocycles. The van der Waals surface area contributed by atoms with E-state index >= 15 is 0 Å². The second kappa shape index (κ2) is 13.6. The molecule has 0 radical (unpaired) electrons. The normalized spacial score (nSPS) is 13.8. The lowest BCUT2D eigenvalue weighted by Gasteiger charge is -2.04. The van der Waals surface area contributed by atoms with Crippen LogP contribution in [0.2, 0.25) is 0 Å². The highest BCUT2D eigenvalue weighted by Gasteiger charge is 1.97. The first-order valence-corrected chi connectivity index (χ1v) is 8.00. The van der Waals surface area contributed by atoms with Crippen molar-refractivity contribution < 1.29 is 9.90 Å². The number of unbranched alkanes of at least 4 members (excludes halogenated alkanes) is 1. The predicted molar refractivity (Wildman–Crippen MR) is 90.0 cm³/mol. The van der Waals surface area contributed by atoms with Gasteiger partial charge in [-0.25, -0.2) is 0 Å². The van der Waals surface area contributed by atoms with Gasteiger partial charge in [0.2, 0.25) is 5.91 Å². The Hall–Kier alpha value is -1.35. The highest BCUT2D eigenvalue weighted by Crippen LogP contribution is 2.03. The standard InChI is InChI=1S/C18H31NO2/c1-4-12-17(20)13-10-8-6-5-7-9-11-14-18(21)19-15-16(2)3/h7-11,14,16-17,20H,4-6,12-13,15H2,1-3H3,(H,19,21)/b9-7+,10-8-,14-11+. The summed E-state index contributed by atoms with van der Waals surface area (Å²) in [6.07, 6.45) is 15.7. The van der Waals surface area contributed by atoms with Gasteiger partial charge in [0.1, 0.15) is 0 Å². The Bertz CT molecular complexity index is 343. The molecule has 21 heavy (non-hydrogen) atoms. The van der Waals surface area contributed by atoms with Crippen LogP contribution in [0, 0.1) is 5.92 Å². The van der Waals surface area contributed by atoms with Crippen molar-refractivity contribution in [2.75, 3.05) is 6.54 Å². The smallest absolute Gasteiger partial charge is 0.243 e. The van der Waals surface area contributed by atoms with Crippen molar-refractivity contribution in [2.24, 2.45) is 5.92 Å². The Morgan fingerprint density at radius 3 is 2.52 bits per heavy atom. The number of hydrogen-bond donors (Lipinski definition) is 2. The lowest BCUT2D eigenvalue weighted by molar-refractivity contribution is -0.116. The van der Waals surface area contributed by atoms with E-state index in [9.17, 15) is 9.90 Å². The minimum atomic E-state index is -0.200. The van der Waals surface area contributed by atoms with E-state index in [-0.39, 0.29) is 12.0 Å². The summed E-state index contributed by atoms with van der Waals surface area (Å²) in [5, 5.41) is 12.4. The van der Waals surface area contributed by atoms with Crippen molar-refractivity contribution in [3.05, 3.63) is 36.5 Å². The second-order valence-corrected chi connectivity index (χ2v) is 5.65. The maximum Gasteiger partial charge on any atom is 0.243 e. The minimum absolute atomic E-state index is 0.0434. The van der Waals surface area contributed by atoms with E-state index in [4.69, 9.17) is 0 Å². The molecule has 0 aliphatic carbocycles. The first kappa shape index (κ1) is 19.7. The van der Waals surface area contributed by atoms with Gasteiger partial charge in [0.25, 0.3) is 0 Å². The number of aliphatic hydroxyl groups is 1. The number of amides is 1. The molecule has 1 amide bonds. The maximum absolute atomic E-state index is 11.4. The lowest BCUT2D eigenvalue weighted by atomic mass is 10.1. The molecule has 3 nitrogen and oxygen atoms in total. The molecule has 1 unspecified atom stereocenters. The Balaban J connectivity index is 3.64. The summed E-state index contributed by atoms with van der Waals surface area (Å²) in [7, 11) is 0. The number of rotatable bonds is 11. The molecule has 0 aromatic heterocycles. The first-order chi connectivity index (χ1) is 10.1. The van der Waals surface area contributed by atoms with Crippen LogP contribution in [0.4, 0.5) is 0 Å². The van der Waals surface area contributed by atoms with Crippen LogP contribution in [-0.2, 0) is 4.79 Å². The molecular formula is C18H31NO2. The van der Waals surface area contributed by atoms with Crippen molar-refractivity contribution >= 4 is 5.91 Å². The zero-order valence-corrected chi connectivity index (χ0v) is 13.7. The number of carbonyl (C=O) groups excluding carboxylic acids is 1. The summed E-state index contributed by atoms with van der Waals surface area (Å²) >= 11 is 0. The van der Waals surface area contributed by atoms with Gasteiger partial charge in [0, 0.05) is 12.6 Å². The van der Waals surface area contributed by atoms with Crippen LogP contribution in [-0.4, -0.2) is 23.7 Å². The van der Waals surface area contributed by atoms with Crippen molar-refractivity contribution in [1.29, 1.82) is 0 Å². The molecule has 0 saturated carbocycles. The van der Waals surface area contributed by atoms with E-state index in [0.717, 1.165) is 32.1 Å². The largest absolute Gasteiger partial charge is 0.393 e. The average Bonchev–Trinajstić information content (AvgIpc) is 2.43. The molecular weight excluding hydrogens is 262 g/mol. The number of nitrogens with one attached hydrogen (secondary N) is 1. The van der Waals surface area contributed by atoms with Gasteiger partial charge in [-0.1, -0.05) is 57.6 Å². The van der Waals surface area contributed by atoms with Crippen LogP contribution < -0.4 is 5.32 Å². The fourth-order valence-corrected chi connectivity index (χ4v) is 1.70.